The van der Waals surface area contributed by atoms with Crippen LogP contribution >= 0.6 is 43.5 Å². The van der Waals surface area contributed by atoms with Gasteiger partial charge in [-0.3, -0.25) is 0 Å². The van der Waals surface area contributed by atoms with E-state index in [-0.39, 0.29) is 0 Å². The average Bonchev–Trinajstić information content (AvgIpc) is 2.76. The number of fused-ring (bicyclic) bond motifs is 1. The average molecular weight is 401 g/mol. The molecule has 1 aromatic heterocycles. The fraction of sp³-hybridized carbons (Fsp3) is 0.0714. The Morgan fingerprint density at radius 2 is 1.95 bits per heavy atom. The van der Waals surface area contributed by atoms with E-state index in [2.05, 4.69) is 47.9 Å². The summed E-state index contributed by atoms with van der Waals surface area (Å²) in [5.41, 5.74) is 4.10. The van der Waals surface area contributed by atoms with Crippen molar-refractivity contribution < 1.29 is 0 Å². The molecule has 3 aromatic rings. The molecule has 2 aromatic carbocycles. The van der Waals surface area contributed by atoms with E-state index in [1.54, 1.807) is 0 Å². The second-order valence-corrected chi connectivity index (χ2v) is 6.51. The molecule has 1 heterocycles. The molecule has 19 heavy (non-hydrogen) atoms. The molecule has 0 fully saturated rings. The van der Waals surface area contributed by atoms with Crippen molar-refractivity contribution in [2.24, 2.45) is 0 Å². The lowest BCUT2D eigenvalue weighted by Gasteiger charge is -1.99. The Hall–Kier alpha value is -0.840. The molecule has 0 amide bonds. The maximum atomic E-state index is 6.12. The standard InChI is InChI=1S/C14H9Br2ClN2/c1-7-4-9(15)6-12-13(7)19-14(18-12)8-2-3-10(16)11(17)5-8/h2-6H,1H3,(H,18,19). The van der Waals surface area contributed by atoms with Gasteiger partial charge < -0.3 is 4.98 Å². The Labute approximate surface area is 132 Å². The monoisotopic (exact) mass is 398 g/mol. The van der Waals surface area contributed by atoms with Crippen LogP contribution in [-0.4, -0.2) is 9.97 Å². The van der Waals surface area contributed by atoms with E-state index in [9.17, 15) is 0 Å². The Kier molecular flexibility index (Phi) is 3.41. The highest BCUT2D eigenvalue weighted by Gasteiger charge is 2.09. The normalized spacial score (nSPS) is 11.2. The summed E-state index contributed by atoms with van der Waals surface area (Å²) in [4.78, 5) is 7.97. The number of hydrogen-bond acceptors (Lipinski definition) is 1. The van der Waals surface area contributed by atoms with Crippen LogP contribution in [0.4, 0.5) is 0 Å². The Morgan fingerprint density at radius 3 is 2.68 bits per heavy atom. The lowest BCUT2D eigenvalue weighted by Crippen LogP contribution is -1.81. The number of rotatable bonds is 1. The van der Waals surface area contributed by atoms with E-state index >= 15 is 0 Å². The lowest BCUT2D eigenvalue weighted by atomic mass is 10.2. The summed E-state index contributed by atoms with van der Waals surface area (Å²) in [6.07, 6.45) is 0. The second kappa shape index (κ2) is 4.93. The predicted molar refractivity (Wildman–Crippen MR) is 86.7 cm³/mol. The van der Waals surface area contributed by atoms with Gasteiger partial charge in [-0.2, -0.15) is 0 Å². The molecule has 5 heteroatoms. The molecule has 96 valence electrons. The van der Waals surface area contributed by atoms with Crippen LogP contribution in [0.1, 0.15) is 5.56 Å². The van der Waals surface area contributed by atoms with E-state index in [1.165, 1.54) is 0 Å². The van der Waals surface area contributed by atoms with Gasteiger partial charge in [-0.15, -0.1) is 0 Å². The van der Waals surface area contributed by atoms with E-state index < -0.39 is 0 Å². The van der Waals surface area contributed by atoms with Crippen LogP contribution in [0.25, 0.3) is 22.4 Å². The number of benzene rings is 2. The first-order chi connectivity index (χ1) is 9.04. The molecule has 0 aliphatic rings. The second-order valence-electron chi connectivity index (χ2n) is 4.33. The number of aromatic nitrogens is 2. The van der Waals surface area contributed by atoms with Gasteiger partial charge in [0.25, 0.3) is 0 Å². The van der Waals surface area contributed by atoms with Crippen LogP contribution in [0.3, 0.4) is 0 Å². The third kappa shape index (κ3) is 2.45. The topological polar surface area (TPSA) is 28.7 Å². The van der Waals surface area contributed by atoms with Crippen LogP contribution in [0.15, 0.2) is 39.3 Å². The van der Waals surface area contributed by atoms with Crippen LogP contribution in [0, 0.1) is 6.92 Å². The van der Waals surface area contributed by atoms with Crippen molar-refractivity contribution in [1.29, 1.82) is 0 Å². The van der Waals surface area contributed by atoms with Crippen LogP contribution in [0.2, 0.25) is 5.02 Å². The first-order valence-electron chi connectivity index (χ1n) is 5.66. The van der Waals surface area contributed by atoms with Gasteiger partial charge in [-0.1, -0.05) is 33.6 Å². The van der Waals surface area contributed by atoms with Crippen molar-refractivity contribution in [2.75, 3.05) is 0 Å². The number of aromatic amines is 1. The Balaban J connectivity index is 2.20. The van der Waals surface area contributed by atoms with Crippen molar-refractivity contribution in [2.45, 2.75) is 6.92 Å². The first kappa shape index (κ1) is 13.2. The van der Waals surface area contributed by atoms with Crippen LogP contribution in [0.5, 0.6) is 0 Å². The van der Waals surface area contributed by atoms with Crippen molar-refractivity contribution in [3.05, 3.63) is 49.9 Å². The highest BCUT2D eigenvalue weighted by Crippen LogP contribution is 2.30. The van der Waals surface area contributed by atoms with Gasteiger partial charge in [0.2, 0.25) is 0 Å². The minimum Gasteiger partial charge on any atom is -0.338 e. The molecular weight excluding hydrogens is 391 g/mol. The molecule has 3 rings (SSSR count). The Bertz CT molecular complexity index is 780. The number of aryl methyl sites for hydroxylation is 1. The fourth-order valence-electron chi connectivity index (χ4n) is 2.03. The molecule has 0 aliphatic heterocycles. The fourth-order valence-corrected chi connectivity index (χ4v) is 3.03. The summed E-state index contributed by atoms with van der Waals surface area (Å²) >= 11 is 13.0. The summed E-state index contributed by atoms with van der Waals surface area (Å²) in [6, 6.07) is 9.89. The lowest BCUT2D eigenvalue weighted by molar-refractivity contribution is 1.33. The third-order valence-corrected chi connectivity index (χ3v) is 4.63. The van der Waals surface area contributed by atoms with Gasteiger partial charge in [-0.25, -0.2) is 4.98 Å². The number of H-pyrrole nitrogens is 1. The number of hydrogen-bond donors (Lipinski definition) is 1. The van der Waals surface area contributed by atoms with Crippen molar-refractivity contribution in [3.63, 3.8) is 0 Å². The highest BCUT2D eigenvalue weighted by atomic mass is 79.9. The molecule has 1 N–H and O–H groups in total. The number of halogens is 3. The van der Waals surface area contributed by atoms with Gasteiger partial charge in [0.15, 0.2) is 0 Å². The summed E-state index contributed by atoms with van der Waals surface area (Å²) in [5.74, 6) is 0.825. The van der Waals surface area contributed by atoms with Gasteiger partial charge >= 0.3 is 0 Å². The third-order valence-electron chi connectivity index (χ3n) is 2.93. The minimum atomic E-state index is 0.677. The van der Waals surface area contributed by atoms with E-state index in [0.717, 1.165) is 36.9 Å². The molecular formula is C14H9Br2ClN2. The number of nitrogens with zero attached hydrogens (tertiary/aromatic N) is 1. The van der Waals surface area contributed by atoms with Gasteiger partial charge in [0, 0.05) is 14.5 Å². The molecule has 0 unspecified atom stereocenters. The van der Waals surface area contributed by atoms with Crippen molar-refractivity contribution >= 4 is 54.5 Å². The molecule has 0 saturated heterocycles. The molecule has 2 nitrogen and oxygen atoms in total. The van der Waals surface area contributed by atoms with Crippen molar-refractivity contribution in [1.82, 2.24) is 9.97 Å². The Morgan fingerprint density at radius 1 is 1.16 bits per heavy atom. The van der Waals surface area contributed by atoms with E-state index in [1.807, 2.05) is 31.2 Å². The molecule has 0 atom stereocenters. The summed E-state index contributed by atoms with van der Waals surface area (Å²) < 4.78 is 1.93. The van der Waals surface area contributed by atoms with Gasteiger partial charge in [0.05, 0.1) is 16.1 Å². The maximum Gasteiger partial charge on any atom is 0.138 e. The zero-order valence-electron chi connectivity index (χ0n) is 9.97. The molecule has 0 bridgehead atoms. The molecule has 0 radical (unpaired) electrons. The van der Waals surface area contributed by atoms with E-state index in [4.69, 9.17) is 11.6 Å². The molecule has 0 spiro atoms. The number of imidazole rings is 1. The van der Waals surface area contributed by atoms with Crippen LogP contribution < -0.4 is 0 Å². The molecule has 0 saturated carbocycles. The van der Waals surface area contributed by atoms with E-state index in [0.29, 0.717) is 5.02 Å². The summed E-state index contributed by atoms with van der Waals surface area (Å²) in [5, 5.41) is 0.677. The zero-order valence-corrected chi connectivity index (χ0v) is 13.9. The summed E-state index contributed by atoms with van der Waals surface area (Å²) in [7, 11) is 0. The highest BCUT2D eigenvalue weighted by molar-refractivity contribution is 9.10. The smallest absolute Gasteiger partial charge is 0.138 e. The van der Waals surface area contributed by atoms with Crippen LogP contribution in [-0.2, 0) is 0 Å². The maximum absolute atomic E-state index is 6.12. The van der Waals surface area contributed by atoms with Gasteiger partial charge in [-0.05, 0) is 52.7 Å². The van der Waals surface area contributed by atoms with Gasteiger partial charge in [0.1, 0.15) is 5.82 Å². The SMILES string of the molecule is Cc1cc(Br)cc2[nH]c(-c3ccc(Br)c(Cl)c3)nc12. The predicted octanol–water partition coefficient (Wildman–Crippen LogP) is 5.72. The van der Waals surface area contributed by atoms with Crippen molar-refractivity contribution in [3.8, 4) is 11.4 Å². The molecule has 0 aliphatic carbocycles. The quantitative estimate of drug-likeness (QED) is 0.556. The zero-order chi connectivity index (χ0) is 13.6. The number of nitrogens with one attached hydrogen (secondary N) is 1. The minimum absolute atomic E-state index is 0.677. The summed E-state index contributed by atoms with van der Waals surface area (Å²) in [6.45, 7) is 2.05. The first-order valence-corrected chi connectivity index (χ1v) is 7.62. The largest absolute Gasteiger partial charge is 0.338 e.